The van der Waals surface area contributed by atoms with Gasteiger partial charge in [-0.1, -0.05) is 6.07 Å². The maximum Gasteiger partial charge on any atom is 0.270 e. The van der Waals surface area contributed by atoms with Gasteiger partial charge in [-0.25, -0.2) is 4.98 Å². The van der Waals surface area contributed by atoms with E-state index >= 15 is 0 Å². The molecule has 3 aromatic heterocycles. The lowest BCUT2D eigenvalue weighted by Crippen LogP contribution is -2.37. The van der Waals surface area contributed by atoms with Crippen molar-refractivity contribution in [3.05, 3.63) is 70.7 Å². The number of rotatable bonds is 5. The minimum Gasteiger partial charge on any atom is -0.469 e. The van der Waals surface area contributed by atoms with Crippen molar-refractivity contribution < 1.29 is 9.21 Å². The van der Waals surface area contributed by atoms with Crippen LogP contribution in [-0.4, -0.2) is 21.3 Å². The summed E-state index contributed by atoms with van der Waals surface area (Å²) in [5.74, 6) is 0.464. The van der Waals surface area contributed by atoms with E-state index in [2.05, 4.69) is 10.3 Å². The molecule has 1 atom stereocenters. The number of pyridine rings is 1. The van der Waals surface area contributed by atoms with E-state index in [1.807, 2.05) is 19.1 Å². The van der Waals surface area contributed by atoms with Crippen LogP contribution in [0.1, 0.15) is 29.5 Å². The van der Waals surface area contributed by atoms with Crippen LogP contribution >= 0.6 is 0 Å². The lowest BCUT2D eigenvalue weighted by atomic mass is 10.1. The standard InChI is InChI=1S/C17H17N3O3/c1-12(7-8-13-5-4-10-23-13)19-16(21)14-11-18-15-6-2-3-9-20(15)17(14)22/h2-6,9-12H,7-8H2,1H3,(H,19,21)/t12-/m0/s1. The minimum atomic E-state index is -0.410. The van der Waals surface area contributed by atoms with E-state index in [4.69, 9.17) is 4.42 Å². The number of aromatic nitrogens is 2. The van der Waals surface area contributed by atoms with E-state index in [1.165, 1.54) is 10.6 Å². The van der Waals surface area contributed by atoms with Crippen LogP contribution in [0.4, 0.5) is 0 Å². The molecule has 118 valence electrons. The number of carbonyl (C=O) groups is 1. The highest BCUT2D eigenvalue weighted by molar-refractivity contribution is 5.93. The van der Waals surface area contributed by atoms with Gasteiger partial charge in [0.2, 0.25) is 0 Å². The highest BCUT2D eigenvalue weighted by atomic mass is 16.3. The fourth-order valence-electron chi connectivity index (χ4n) is 2.37. The number of nitrogens with zero attached hydrogens (tertiary/aromatic N) is 2. The predicted octanol–water partition coefficient (Wildman–Crippen LogP) is 2.04. The van der Waals surface area contributed by atoms with Crippen molar-refractivity contribution in [3.8, 4) is 0 Å². The number of hydrogen-bond acceptors (Lipinski definition) is 4. The van der Waals surface area contributed by atoms with Crippen LogP contribution in [-0.2, 0) is 6.42 Å². The smallest absolute Gasteiger partial charge is 0.270 e. The molecule has 0 saturated carbocycles. The number of nitrogens with one attached hydrogen (secondary N) is 1. The normalized spacial score (nSPS) is 12.2. The summed E-state index contributed by atoms with van der Waals surface area (Å²) >= 11 is 0. The molecule has 0 aliphatic heterocycles. The molecule has 0 aliphatic rings. The van der Waals surface area contributed by atoms with Gasteiger partial charge in [0.15, 0.2) is 0 Å². The molecule has 1 N–H and O–H groups in total. The quantitative estimate of drug-likeness (QED) is 0.782. The Hall–Kier alpha value is -2.89. The molecule has 1 amide bonds. The molecule has 0 fully saturated rings. The molecule has 0 radical (unpaired) electrons. The summed E-state index contributed by atoms with van der Waals surface area (Å²) < 4.78 is 6.63. The third kappa shape index (κ3) is 3.31. The van der Waals surface area contributed by atoms with E-state index in [9.17, 15) is 9.59 Å². The maximum atomic E-state index is 12.3. The second kappa shape index (κ2) is 6.48. The Labute approximate surface area is 132 Å². The number of furan rings is 1. The summed E-state index contributed by atoms with van der Waals surface area (Å²) in [4.78, 5) is 28.8. The maximum absolute atomic E-state index is 12.3. The van der Waals surface area contributed by atoms with Crippen molar-refractivity contribution in [1.82, 2.24) is 14.7 Å². The first-order valence-corrected chi connectivity index (χ1v) is 7.45. The number of aryl methyl sites for hydroxylation is 1. The second-order valence-corrected chi connectivity index (χ2v) is 5.40. The minimum absolute atomic E-state index is 0.0403. The Morgan fingerprint density at radius 3 is 3.00 bits per heavy atom. The first kappa shape index (κ1) is 15.0. The van der Waals surface area contributed by atoms with Gasteiger partial charge in [0.05, 0.1) is 6.26 Å². The zero-order valence-corrected chi connectivity index (χ0v) is 12.7. The summed E-state index contributed by atoms with van der Waals surface area (Å²) in [5, 5.41) is 2.83. The Kier molecular flexibility index (Phi) is 4.23. The fraction of sp³-hybridized carbons (Fsp3) is 0.235. The van der Waals surface area contributed by atoms with Gasteiger partial charge in [0.25, 0.3) is 11.5 Å². The monoisotopic (exact) mass is 311 g/mol. The number of hydrogen-bond donors (Lipinski definition) is 1. The summed E-state index contributed by atoms with van der Waals surface area (Å²) in [6.45, 7) is 1.90. The van der Waals surface area contributed by atoms with Gasteiger partial charge >= 0.3 is 0 Å². The molecule has 0 aromatic carbocycles. The molecule has 3 rings (SSSR count). The highest BCUT2D eigenvalue weighted by Crippen LogP contribution is 2.06. The summed E-state index contributed by atoms with van der Waals surface area (Å²) in [6, 6.07) is 8.88. The lowest BCUT2D eigenvalue weighted by Gasteiger charge is -2.13. The SMILES string of the molecule is C[C@@H](CCc1ccco1)NC(=O)c1cnc2ccccn2c1=O. The zero-order chi connectivity index (χ0) is 16.2. The molecular weight excluding hydrogens is 294 g/mol. The van der Waals surface area contributed by atoms with E-state index < -0.39 is 5.91 Å². The van der Waals surface area contributed by atoms with Gasteiger partial charge in [0.1, 0.15) is 17.0 Å². The number of fused-ring (bicyclic) bond motifs is 1. The molecule has 3 aromatic rings. The lowest BCUT2D eigenvalue weighted by molar-refractivity contribution is 0.0936. The van der Waals surface area contributed by atoms with Gasteiger partial charge < -0.3 is 9.73 Å². The van der Waals surface area contributed by atoms with E-state index in [1.54, 1.807) is 30.7 Å². The number of amides is 1. The fourth-order valence-corrected chi connectivity index (χ4v) is 2.37. The van der Waals surface area contributed by atoms with Crippen LogP contribution in [0.5, 0.6) is 0 Å². The van der Waals surface area contributed by atoms with E-state index in [0.29, 0.717) is 5.65 Å². The van der Waals surface area contributed by atoms with Crippen molar-refractivity contribution in [2.45, 2.75) is 25.8 Å². The Bertz CT molecular complexity index is 868. The van der Waals surface area contributed by atoms with Gasteiger partial charge in [0, 0.05) is 24.9 Å². The van der Waals surface area contributed by atoms with Crippen LogP contribution in [0, 0.1) is 0 Å². The molecule has 6 heteroatoms. The summed E-state index contributed by atoms with van der Waals surface area (Å²) in [7, 11) is 0. The van der Waals surface area contributed by atoms with Crippen LogP contribution in [0.15, 0.2) is 58.2 Å². The largest absolute Gasteiger partial charge is 0.469 e. The average molecular weight is 311 g/mol. The number of carbonyl (C=O) groups excluding carboxylic acids is 1. The van der Waals surface area contributed by atoms with E-state index in [0.717, 1.165) is 18.6 Å². The highest BCUT2D eigenvalue weighted by Gasteiger charge is 2.15. The second-order valence-electron chi connectivity index (χ2n) is 5.40. The molecule has 0 unspecified atom stereocenters. The van der Waals surface area contributed by atoms with Crippen molar-refractivity contribution in [2.24, 2.45) is 0 Å². The topological polar surface area (TPSA) is 76.6 Å². The first-order valence-electron chi connectivity index (χ1n) is 7.45. The third-order valence-corrected chi connectivity index (χ3v) is 3.64. The van der Waals surface area contributed by atoms with E-state index in [-0.39, 0.29) is 17.2 Å². The van der Waals surface area contributed by atoms with Crippen LogP contribution in [0.2, 0.25) is 0 Å². The van der Waals surface area contributed by atoms with Crippen molar-refractivity contribution >= 4 is 11.6 Å². The Balaban J connectivity index is 1.70. The molecule has 23 heavy (non-hydrogen) atoms. The van der Waals surface area contributed by atoms with Crippen LogP contribution in [0.3, 0.4) is 0 Å². The molecular formula is C17H17N3O3. The van der Waals surface area contributed by atoms with Gasteiger partial charge in [-0.05, 0) is 37.6 Å². The van der Waals surface area contributed by atoms with Gasteiger partial charge in [-0.2, -0.15) is 0 Å². The summed E-state index contributed by atoms with van der Waals surface area (Å²) in [5.41, 5.74) is 0.185. The molecule has 3 heterocycles. The van der Waals surface area contributed by atoms with Gasteiger partial charge in [-0.15, -0.1) is 0 Å². The van der Waals surface area contributed by atoms with Crippen molar-refractivity contribution in [1.29, 1.82) is 0 Å². The third-order valence-electron chi connectivity index (χ3n) is 3.64. The predicted molar refractivity (Wildman–Crippen MR) is 85.4 cm³/mol. The molecule has 0 aliphatic carbocycles. The Morgan fingerprint density at radius 1 is 1.35 bits per heavy atom. The zero-order valence-electron chi connectivity index (χ0n) is 12.7. The summed E-state index contributed by atoms with van der Waals surface area (Å²) in [6.07, 6.45) is 6.00. The van der Waals surface area contributed by atoms with Gasteiger partial charge in [-0.3, -0.25) is 14.0 Å². The average Bonchev–Trinajstić information content (AvgIpc) is 3.07. The molecule has 6 nitrogen and oxygen atoms in total. The van der Waals surface area contributed by atoms with Crippen LogP contribution in [0.25, 0.3) is 5.65 Å². The Morgan fingerprint density at radius 2 is 2.22 bits per heavy atom. The molecule has 0 bridgehead atoms. The molecule has 0 saturated heterocycles. The molecule has 0 spiro atoms. The first-order chi connectivity index (χ1) is 11.1. The van der Waals surface area contributed by atoms with Crippen molar-refractivity contribution in [2.75, 3.05) is 0 Å². The van der Waals surface area contributed by atoms with Crippen LogP contribution < -0.4 is 10.9 Å². The van der Waals surface area contributed by atoms with Crippen molar-refractivity contribution in [3.63, 3.8) is 0 Å².